The van der Waals surface area contributed by atoms with Gasteiger partial charge in [-0.15, -0.1) is 0 Å². The van der Waals surface area contributed by atoms with E-state index < -0.39 is 0 Å². The van der Waals surface area contributed by atoms with Gasteiger partial charge in [0.15, 0.2) is 6.61 Å². The van der Waals surface area contributed by atoms with Crippen LogP contribution in [0.1, 0.15) is 24.0 Å². The van der Waals surface area contributed by atoms with Crippen LogP contribution in [-0.2, 0) is 16.0 Å². The molecule has 26 heavy (non-hydrogen) atoms. The predicted molar refractivity (Wildman–Crippen MR) is 103 cm³/mol. The lowest BCUT2D eigenvalue weighted by atomic mass is 10.1. The molecule has 0 N–H and O–H groups in total. The summed E-state index contributed by atoms with van der Waals surface area (Å²) in [5.74, 6) is 0.370. The van der Waals surface area contributed by atoms with Crippen LogP contribution in [-0.4, -0.2) is 43.7 Å². The Kier molecular flexibility index (Phi) is 6.53. The average Bonchev–Trinajstić information content (AvgIpc) is 2.65. The summed E-state index contributed by atoms with van der Waals surface area (Å²) in [4.78, 5) is 14.2. The number of rotatable bonds is 6. The van der Waals surface area contributed by atoms with Gasteiger partial charge in [0.1, 0.15) is 11.9 Å². The van der Waals surface area contributed by atoms with Gasteiger partial charge in [-0.3, -0.25) is 0 Å². The highest BCUT2D eigenvalue weighted by Crippen LogP contribution is 2.17. The molecule has 0 aromatic heterocycles. The average molecular weight is 374 g/mol. The molecule has 1 aliphatic heterocycles. The lowest BCUT2D eigenvalue weighted by Crippen LogP contribution is -2.36. The van der Waals surface area contributed by atoms with Gasteiger partial charge >= 0.3 is 5.97 Å². The molecule has 0 spiro atoms. The maximum absolute atomic E-state index is 11.9. The van der Waals surface area contributed by atoms with Crippen LogP contribution < -0.4 is 4.74 Å². The van der Waals surface area contributed by atoms with Crippen molar-refractivity contribution >= 4 is 17.6 Å². The minimum absolute atomic E-state index is 0.0176. The van der Waals surface area contributed by atoms with Crippen molar-refractivity contribution in [3.8, 4) is 5.75 Å². The van der Waals surface area contributed by atoms with Crippen molar-refractivity contribution in [3.63, 3.8) is 0 Å². The number of carbonyl (C=O) groups excluding carboxylic acids is 1. The van der Waals surface area contributed by atoms with Crippen molar-refractivity contribution in [3.05, 3.63) is 64.7 Å². The number of piperidine rings is 1. The van der Waals surface area contributed by atoms with Gasteiger partial charge in [-0.05, 0) is 61.7 Å². The van der Waals surface area contributed by atoms with Crippen LogP contribution in [0.25, 0.3) is 0 Å². The molecule has 2 aromatic carbocycles. The molecule has 0 bridgehead atoms. The summed E-state index contributed by atoms with van der Waals surface area (Å²) in [7, 11) is 2.08. The molecule has 0 radical (unpaired) electrons. The summed E-state index contributed by atoms with van der Waals surface area (Å²) in [6.07, 6.45) is 2.63. The number of likely N-dealkylation sites (tertiary alicyclic amines) is 1. The second-order valence-corrected chi connectivity index (χ2v) is 7.16. The molecule has 0 amide bonds. The molecule has 1 saturated heterocycles. The van der Waals surface area contributed by atoms with E-state index in [1.807, 2.05) is 48.5 Å². The first-order valence-electron chi connectivity index (χ1n) is 8.93. The van der Waals surface area contributed by atoms with Gasteiger partial charge in [0.25, 0.3) is 0 Å². The van der Waals surface area contributed by atoms with Crippen LogP contribution >= 0.6 is 11.6 Å². The minimum atomic E-state index is -0.301. The topological polar surface area (TPSA) is 38.8 Å². The van der Waals surface area contributed by atoms with Crippen LogP contribution in [0.2, 0.25) is 5.02 Å². The molecule has 0 atom stereocenters. The second kappa shape index (κ2) is 9.06. The maximum Gasteiger partial charge on any atom is 0.344 e. The first kappa shape index (κ1) is 18.7. The molecule has 5 heteroatoms. The fourth-order valence-corrected chi connectivity index (χ4v) is 3.13. The predicted octanol–water partition coefficient (Wildman–Crippen LogP) is 3.95. The fourth-order valence-electron chi connectivity index (χ4n) is 3.01. The lowest BCUT2D eigenvalue weighted by Gasteiger charge is -2.28. The monoisotopic (exact) mass is 373 g/mol. The summed E-state index contributed by atoms with van der Waals surface area (Å²) in [6.45, 7) is 1.88. The van der Waals surface area contributed by atoms with Crippen LogP contribution in [0.3, 0.4) is 0 Å². The van der Waals surface area contributed by atoms with Crippen molar-refractivity contribution in [2.75, 3.05) is 26.7 Å². The molecule has 1 fully saturated rings. The number of nitrogens with zero attached hydrogens (tertiary/aromatic N) is 1. The Morgan fingerprint density at radius 3 is 2.23 bits per heavy atom. The lowest BCUT2D eigenvalue weighted by molar-refractivity contribution is -0.153. The highest BCUT2D eigenvalue weighted by Gasteiger charge is 2.20. The zero-order chi connectivity index (χ0) is 18.4. The molecular formula is C21H24ClNO3. The zero-order valence-corrected chi connectivity index (χ0v) is 15.7. The number of ether oxygens (including phenoxy) is 2. The van der Waals surface area contributed by atoms with Crippen molar-refractivity contribution in [1.29, 1.82) is 0 Å². The Bertz CT molecular complexity index is 707. The fraction of sp³-hybridized carbons (Fsp3) is 0.381. The molecule has 0 unspecified atom stereocenters. The third-order valence-corrected chi connectivity index (χ3v) is 4.82. The summed E-state index contributed by atoms with van der Waals surface area (Å²) < 4.78 is 11.0. The highest BCUT2D eigenvalue weighted by atomic mass is 35.5. The Morgan fingerprint density at radius 2 is 1.62 bits per heavy atom. The Balaban J connectivity index is 1.43. The van der Waals surface area contributed by atoms with Crippen molar-refractivity contribution in [2.24, 2.45) is 0 Å². The van der Waals surface area contributed by atoms with E-state index in [9.17, 15) is 4.79 Å². The summed E-state index contributed by atoms with van der Waals surface area (Å²) in [6, 6.07) is 15.6. The van der Waals surface area contributed by atoms with E-state index >= 15 is 0 Å². The van der Waals surface area contributed by atoms with Crippen molar-refractivity contribution < 1.29 is 14.3 Å². The third kappa shape index (κ3) is 5.75. The summed E-state index contributed by atoms with van der Waals surface area (Å²) >= 11 is 5.91. The molecule has 0 saturated carbocycles. The van der Waals surface area contributed by atoms with Crippen LogP contribution in [0.4, 0.5) is 0 Å². The summed E-state index contributed by atoms with van der Waals surface area (Å²) in [5, 5.41) is 0.740. The SMILES string of the molecule is CN1CCC(OC(=O)COc2ccc(Cc3ccc(Cl)cc3)cc2)CC1. The molecule has 1 heterocycles. The van der Waals surface area contributed by atoms with E-state index in [4.69, 9.17) is 21.1 Å². The van der Waals surface area contributed by atoms with Crippen molar-refractivity contribution in [1.82, 2.24) is 4.90 Å². The number of benzene rings is 2. The largest absolute Gasteiger partial charge is 0.482 e. The third-order valence-electron chi connectivity index (χ3n) is 4.57. The smallest absolute Gasteiger partial charge is 0.344 e. The highest BCUT2D eigenvalue weighted by molar-refractivity contribution is 6.30. The number of hydrogen-bond donors (Lipinski definition) is 0. The van der Waals surface area contributed by atoms with Gasteiger partial charge in [-0.25, -0.2) is 4.79 Å². The first-order chi connectivity index (χ1) is 12.6. The zero-order valence-electron chi connectivity index (χ0n) is 15.0. The van der Waals surface area contributed by atoms with Crippen LogP contribution in [0.5, 0.6) is 5.75 Å². The van der Waals surface area contributed by atoms with Gasteiger partial charge in [0, 0.05) is 18.1 Å². The van der Waals surface area contributed by atoms with Gasteiger partial charge in [0.05, 0.1) is 0 Å². The van der Waals surface area contributed by atoms with Crippen LogP contribution in [0.15, 0.2) is 48.5 Å². The van der Waals surface area contributed by atoms with Gasteiger partial charge in [0.2, 0.25) is 0 Å². The Labute approximate surface area is 159 Å². The molecular weight excluding hydrogens is 350 g/mol. The van der Waals surface area contributed by atoms with E-state index in [1.54, 1.807) is 0 Å². The summed E-state index contributed by atoms with van der Waals surface area (Å²) in [5.41, 5.74) is 2.37. The molecule has 1 aliphatic rings. The van der Waals surface area contributed by atoms with Gasteiger partial charge in [-0.2, -0.15) is 0 Å². The normalized spacial score (nSPS) is 15.6. The molecule has 4 nitrogen and oxygen atoms in total. The first-order valence-corrected chi connectivity index (χ1v) is 9.30. The molecule has 2 aromatic rings. The standard InChI is InChI=1S/C21H24ClNO3/c1-23-12-10-20(11-13-23)26-21(24)15-25-19-8-4-17(5-9-19)14-16-2-6-18(22)7-3-16/h2-9,20H,10-15H2,1H3. The number of esters is 1. The van der Waals surface area contributed by atoms with Gasteiger partial charge in [-0.1, -0.05) is 35.9 Å². The van der Waals surface area contributed by atoms with Crippen molar-refractivity contribution in [2.45, 2.75) is 25.4 Å². The molecule has 3 rings (SSSR count). The number of halogens is 1. The number of hydrogen-bond acceptors (Lipinski definition) is 4. The van der Waals surface area contributed by atoms with E-state index in [1.165, 1.54) is 11.1 Å². The molecule has 138 valence electrons. The van der Waals surface area contributed by atoms with Crippen LogP contribution in [0, 0.1) is 0 Å². The second-order valence-electron chi connectivity index (χ2n) is 6.73. The van der Waals surface area contributed by atoms with E-state index in [0.29, 0.717) is 5.75 Å². The number of carbonyl (C=O) groups is 1. The minimum Gasteiger partial charge on any atom is -0.482 e. The van der Waals surface area contributed by atoms with E-state index in [-0.39, 0.29) is 18.7 Å². The van der Waals surface area contributed by atoms with Gasteiger partial charge < -0.3 is 14.4 Å². The Hall–Kier alpha value is -2.04. The Morgan fingerprint density at radius 1 is 1.04 bits per heavy atom. The maximum atomic E-state index is 11.9. The molecule has 0 aliphatic carbocycles. The quantitative estimate of drug-likeness (QED) is 0.719. The van der Waals surface area contributed by atoms with E-state index in [2.05, 4.69) is 11.9 Å². The van der Waals surface area contributed by atoms with E-state index in [0.717, 1.165) is 37.4 Å².